The van der Waals surface area contributed by atoms with Gasteiger partial charge in [-0.2, -0.15) is 13.2 Å². The summed E-state index contributed by atoms with van der Waals surface area (Å²) in [6.07, 6.45) is -1.48. The zero-order valence-electron chi connectivity index (χ0n) is 14.7. The van der Waals surface area contributed by atoms with E-state index >= 15 is 0 Å². The predicted octanol–water partition coefficient (Wildman–Crippen LogP) is 4.30. The highest BCUT2D eigenvalue weighted by Crippen LogP contribution is 2.34. The van der Waals surface area contributed by atoms with Crippen molar-refractivity contribution in [1.82, 2.24) is 4.98 Å². The number of hydrogen-bond acceptors (Lipinski definition) is 5. The Morgan fingerprint density at radius 1 is 1.22 bits per heavy atom. The molecule has 2 N–H and O–H groups in total. The minimum atomic E-state index is -4.29. The van der Waals surface area contributed by atoms with Crippen LogP contribution in [0.5, 0.6) is 0 Å². The molecule has 0 saturated carbocycles. The second-order valence-electron chi connectivity index (χ2n) is 6.86. The summed E-state index contributed by atoms with van der Waals surface area (Å²) in [5.41, 5.74) is 3.93. The number of alkyl halides is 3. The van der Waals surface area contributed by atoms with E-state index in [1.165, 1.54) is 0 Å². The molecule has 144 valence electrons. The largest absolute Gasteiger partial charge is 0.411 e. The third-order valence-corrected chi connectivity index (χ3v) is 4.84. The molecular weight excluding hydrogens is 357 g/mol. The minimum absolute atomic E-state index is 0.404. The van der Waals surface area contributed by atoms with Crippen molar-refractivity contribution >= 4 is 22.9 Å². The highest BCUT2D eigenvalue weighted by Gasteiger charge is 2.31. The number of piperidine rings is 1. The minimum Gasteiger partial charge on any atom is -0.379 e. The van der Waals surface area contributed by atoms with Gasteiger partial charge in [0.1, 0.15) is 12.4 Å². The number of benzene rings is 1. The molecule has 2 aliphatic heterocycles. The Hall–Kier alpha value is -2.48. The summed E-state index contributed by atoms with van der Waals surface area (Å²) in [7, 11) is 0. The van der Waals surface area contributed by atoms with E-state index in [1.807, 2.05) is 30.3 Å². The van der Waals surface area contributed by atoms with Gasteiger partial charge in [0.25, 0.3) is 0 Å². The Kier molecular flexibility index (Phi) is 4.82. The number of pyridine rings is 1. The molecule has 4 rings (SSSR count). The van der Waals surface area contributed by atoms with Crippen molar-refractivity contribution in [3.8, 4) is 0 Å². The molecule has 27 heavy (non-hydrogen) atoms. The molecule has 1 unspecified atom stereocenters. The second kappa shape index (κ2) is 7.26. The first-order valence-corrected chi connectivity index (χ1v) is 9.00. The Bertz CT molecular complexity index is 812. The lowest BCUT2D eigenvalue weighted by Crippen LogP contribution is -2.41. The summed E-state index contributed by atoms with van der Waals surface area (Å²) < 4.78 is 42.3. The summed E-state index contributed by atoms with van der Waals surface area (Å²) in [5.74, 6) is 0.829. The van der Waals surface area contributed by atoms with Crippen LogP contribution in [0, 0.1) is 0 Å². The van der Waals surface area contributed by atoms with E-state index in [1.54, 1.807) is 6.20 Å². The highest BCUT2D eigenvalue weighted by atomic mass is 19.4. The van der Waals surface area contributed by atoms with Gasteiger partial charge in [0, 0.05) is 37.1 Å². The lowest BCUT2D eigenvalue weighted by atomic mass is 10.1. The van der Waals surface area contributed by atoms with E-state index in [-0.39, 0.29) is 0 Å². The van der Waals surface area contributed by atoms with Crippen LogP contribution in [0.2, 0.25) is 0 Å². The Morgan fingerprint density at radius 3 is 2.96 bits per heavy atom. The average molecular weight is 378 g/mol. The standard InChI is InChI=1S/C19H21F3N4O/c20-19(21,22)12-27-15-4-2-8-26(11-15)14-5-6-16-17(9-14)24-10-13-3-1-7-23-18(13)25-16/h1,3,5-7,9,15,24H,2,4,8,10-12H2,(H,23,25). The first-order valence-electron chi connectivity index (χ1n) is 9.00. The molecule has 1 atom stereocenters. The van der Waals surface area contributed by atoms with E-state index in [9.17, 15) is 13.2 Å². The van der Waals surface area contributed by atoms with Crippen LogP contribution in [0.25, 0.3) is 0 Å². The molecule has 1 aromatic heterocycles. The summed E-state index contributed by atoms with van der Waals surface area (Å²) in [5, 5.41) is 6.74. The van der Waals surface area contributed by atoms with Gasteiger partial charge >= 0.3 is 6.18 Å². The van der Waals surface area contributed by atoms with Gasteiger partial charge in [-0.05, 0) is 37.1 Å². The molecule has 1 saturated heterocycles. The first-order chi connectivity index (χ1) is 13.0. The van der Waals surface area contributed by atoms with E-state index in [0.29, 0.717) is 19.5 Å². The molecule has 2 aromatic rings. The van der Waals surface area contributed by atoms with Crippen LogP contribution >= 0.6 is 0 Å². The second-order valence-corrected chi connectivity index (χ2v) is 6.86. The van der Waals surface area contributed by atoms with Gasteiger partial charge in [0.15, 0.2) is 0 Å². The number of anilines is 4. The van der Waals surface area contributed by atoms with Crippen molar-refractivity contribution < 1.29 is 17.9 Å². The first kappa shape index (κ1) is 17.9. The maximum Gasteiger partial charge on any atom is 0.411 e. The zero-order chi connectivity index (χ0) is 18.9. The van der Waals surface area contributed by atoms with Gasteiger partial charge in [-0.3, -0.25) is 0 Å². The molecule has 0 spiro atoms. The van der Waals surface area contributed by atoms with Crippen molar-refractivity contribution in [2.24, 2.45) is 0 Å². The third kappa shape index (κ3) is 4.27. The number of hydrogen-bond donors (Lipinski definition) is 2. The number of fused-ring (bicyclic) bond motifs is 2. The number of nitrogens with zero attached hydrogens (tertiary/aromatic N) is 2. The van der Waals surface area contributed by atoms with Crippen LogP contribution in [-0.4, -0.2) is 37.0 Å². The number of rotatable bonds is 3. The Balaban J connectivity index is 1.47. The topological polar surface area (TPSA) is 49.4 Å². The van der Waals surface area contributed by atoms with E-state index in [4.69, 9.17) is 4.74 Å². The van der Waals surface area contributed by atoms with E-state index in [2.05, 4.69) is 20.5 Å². The fourth-order valence-electron chi connectivity index (χ4n) is 3.52. The van der Waals surface area contributed by atoms with Crippen LogP contribution in [0.4, 0.5) is 36.1 Å². The van der Waals surface area contributed by atoms with Crippen molar-refractivity contribution in [3.63, 3.8) is 0 Å². The number of ether oxygens (including phenoxy) is 1. The molecule has 3 heterocycles. The van der Waals surface area contributed by atoms with Crippen LogP contribution in [-0.2, 0) is 11.3 Å². The van der Waals surface area contributed by atoms with E-state index < -0.39 is 18.9 Å². The van der Waals surface area contributed by atoms with Crippen molar-refractivity contribution in [1.29, 1.82) is 0 Å². The number of halogens is 3. The molecule has 5 nitrogen and oxygen atoms in total. The highest BCUT2D eigenvalue weighted by molar-refractivity contribution is 5.79. The van der Waals surface area contributed by atoms with Gasteiger partial charge in [-0.15, -0.1) is 0 Å². The van der Waals surface area contributed by atoms with Crippen LogP contribution in [0.1, 0.15) is 18.4 Å². The SMILES string of the molecule is FC(F)(F)COC1CCCN(c2ccc3c(c2)NCc2cccnc2N3)C1. The van der Waals surface area contributed by atoms with Crippen molar-refractivity contribution in [2.45, 2.75) is 31.7 Å². The van der Waals surface area contributed by atoms with Crippen LogP contribution in [0.15, 0.2) is 36.5 Å². The molecule has 8 heteroatoms. The smallest absolute Gasteiger partial charge is 0.379 e. The predicted molar refractivity (Wildman–Crippen MR) is 98.5 cm³/mol. The molecule has 1 aromatic carbocycles. The molecule has 0 radical (unpaired) electrons. The maximum absolute atomic E-state index is 12.4. The van der Waals surface area contributed by atoms with Crippen molar-refractivity contribution in [2.75, 3.05) is 35.2 Å². The fraction of sp³-hybridized carbons (Fsp3) is 0.421. The molecule has 0 aliphatic carbocycles. The van der Waals surface area contributed by atoms with Gasteiger partial charge < -0.3 is 20.3 Å². The number of aromatic nitrogens is 1. The van der Waals surface area contributed by atoms with Gasteiger partial charge in [0.05, 0.1) is 17.5 Å². The third-order valence-electron chi connectivity index (χ3n) is 4.84. The molecule has 2 aliphatic rings. The lowest BCUT2D eigenvalue weighted by molar-refractivity contribution is -0.185. The summed E-state index contributed by atoms with van der Waals surface area (Å²) >= 11 is 0. The Labute approximate surface area is 155 Å². The summed E-state index contributed by atoms with van der Waals surface area (Å²) in [4.78, 5) is 6.46. The zero-order valence-corrected chi connectivity index (χ0v) is 14.7. The summed E-state index contributed by atoms with van der Waals surface area (Å²) in [6, 6.07) is 9.90. The number of nitrogens with one attached hydrogen (secondary N) is 2. The van der Waals surface area contributed by atoms with Crippen molar-refractivity contribution in [3.05, 3.63) is 42.1 Å². The quantitative estimate of drug-likeness (QED) is 0.834. The fourth-order valence-corrected chi connectivity index (χ4v) is 3.52. The normalized spacial score (nSPS) is 19.4. The van der Waals surface area contributed by atoms with Crippen LogP contribution < -0.4 is 15.5 Å². The van der Waals surface area contributed by atoms with Crippen LogP contribution in [0.3, 0.4) is 0 Å². The molecule has 0 amide bonds. The Morgan fingerprint density at radius 2 is 2.11 bits per heavy atom. The average Bonchev–Trinajstić information content (AvgIpc) is 2.85. The van der Waals surface area contributed by atoms with Gasteiger partial charge in [0.2, 0.25) is 0 Å². The van der Waals surface area contributed by atoms with Gasteiger partial charge in [-0.25, -0.2) is 4.98 Å². The maximum atomic E-state index is 12.4. The lowest BCUT2D eigenvalue weighted by Gasteiger charge is -2.34. The molecular formula is C19H21F3N4O. The summed E-state index contributed by atoms with van der Waals surface area (Å²) in [6.45, 7) is 0.736. The van der Waals surface area contributed by atoms with E-state index in [0.717, 1.165) is 41.4 Å². The monoisotopic (exact) mass is 378 g/mol. The molecule has 0 bridgehead atoms. The van der Waals surface area contributed by atoms with Gasteiger partial charge in [-0.1, -0.05) is 6.07 Å². The molecule has 1 fully saturated rings.